The highest BCUT2D eigenvalue weighted by molar-refractivity contribution is 5.76. The summed E-state index contributed by atoms with van der Waals surface area (Å²) in [6.45, 7) is 9.41. The number of rotatable bonds is 5. The van der Waals surface area contributed by atoms with Crippen LogP contribution in [0.3, 0.4) is 0 Å². The van der Waals surface area contributed by atoms with Crippen LogP contribution in [0.2, 0.25) is 0 Å². The van der Waals surface area contributed by atoms with Crippen molar-refractivity contribution in [1.82, 2.24) is 15.5 Å². The van der Waals surface area contributed by atoms with E-state index in [1.54, 1.807) is 0 Å². The Labute approximate surface area is 150 Å². The molecule has 2 N–H and O–H groups in total. The molecule has 2 atom stereocenters. The average Bonchev–Trinajstić information content (AvgIpc) is 3.12. The molecule has 6 nitrogen and oxygen atoms in total. The van der Waals surface area contributed by atoms with Gasteiger partial charge in [0.25, 0.3) is 0 Å². The number of nitrogens with one attached hydrogen (secondary N) is 2. The van der Waals surface area contributed by atoms with Crippen LogP contribution in [0.25, 0.3) is 0 Å². The van der Waals surface area contributed by atoms with Crippen LogP contribution in [-0.2, 0) is 14.3 Å². The highest BCUT2D eigenvalue weighted by Gasteiger charge is 2.43. The number of carbonyl (C=O) groups is 1. The molecular formula is C19H31N3O3. The van der Waals surface area contributed by atoms with Crippen molar-refractivity contribution >= 4 is 5.91 Å². The SMILES string of the molecule is Cc1n[nH]c(C)c1[C@H](C)CC(=O)NC[C@H]1COC2(CCC(C)CC2)O1. The quantitative estimate of drug-likeness (QED) is 0.857. The summed E-state index contributed by atoms with van der Waals surface area (Å²) in [5, 5.41) is 10.2. The van der Waals surface area contributed by atoms with Gasteiger partial charge in [0.2, 0.25) is 5.91 Å². The molecule has 1 aromatic heterocycles. The summed E-state index contributed by atoms with van der Waals surface area (Å²) in [5.74, 6) is 0.563. The molecule has 1 aliphatic heterocycles. The normalized spacial score (nSPS) is 30.6. The van der Waals surface area contributed by atoms with Crippen LogP contribution < -0.4 is 5.32 Å². The predicted molar refractivity (Wildman–Crippen MR) is 95.3 cm³/mol. The summed E-state index contributed by atoms with van der Waals surface area (Å²) in [5.41, 5.74) is 3.16. The lowest BCUT2D eigenvalue weighted by Gasteiger charge is -2.34. The fraction of sp³-hybridized carbons (Fsp3) is 0.789. The number of carbonyl (C=O) groups excluding carboxylic acids is 1. The summed E-state index contributed by atoms with van der Waals surface area (Å²) in [6, 6.07) is 0. The third-order valence-corrected chi connectivity index (χ3v) is 5.65. The average molecular weight is 349 g/mol. The van der Waals surface area contributed by atoms with Gasteiger partial charge in [-0.3, -0.25) is 9.89 Å². The Kier molecular flexibility index (Phi) is 5.49. The first-order chi connectivity index (χ1) is 11.9. The molecule has 0 bridgehead atoms. The lowest BCUT2D eigenvalue weighted by Crippen LogP contribution is -2.38. The zero-order valence-corrected chi connectivity index (χ0v) is 15.9. The number of aryl methyl sites for hydroxylation is 2. The Morgan fingerprint density at radius 2 is 2.12 bits per heavy atom. The Balaban J connectivity index is 1.44. The van der Waals surface area contributed by atoms with Crippen LogP contribution in [0.15, 0.2) is 0 Å². The van der Waals surface area contributed by atoms with Crippen molar-refractivity contribution in [2.24, 2.45) is 5.92 Å². The molecule has 2 fully saturated rings. The molecular weight excluding hydrogens is 318 g/mol. The van der Waals surface area contributed by atoms with E-state index in [-0.39, 0.29) is 23.7 Å². The minimum atomic E-state index is -0.389. The summed E-state index contributed by atoms with van der Waals surface area (Å²) in [6.07, 6.45) is 4.66. The van der Waals surface area contributed by atoms with Gasteiger partial charge in [-0.05, 0) is 44.1 Å². The molecule has 2 aliphatic rings. The van der Waals surface area contributed by atoms with Gasteiger partial charge in [0.05, 0.1) is 12.3 Å². The topological polar surface area (TPSA) is 76.2 Å². The van der Waals surface area contributed by atoms with E-state index in [2.05, 4.69) is 29.4 Å². The monoisotopic (exact) mass is 349 g/mol. The van der Waals surface area contributed by atoms with Crippen LogP contribution in [0.4, 0.5) is 0 Å². The van der Waals surface area contributed by atoms with Crippen molar-refractivity contribution in [3.8, 4) is 0 Å². The second-order valence-corrected chi connectivity index (χ2v) is 7.90. The number of aromatic amines is 1. The molecule has 6 heteroatoms. The first-order valence-electron chi connectivity index (χ1n) is 9.48. The van der Waals surface area contributed by atoms with E-state index in [1.165, 1.54) is 0 Å². The van der Waals surface area contributed by atoms with E-state index in [4.69, 9.17) is 9.47 Å². The maximum Gasteiger partial charge on any atom is 0.220 e. The van der Waals surface area contributed by atoms with Crippen LogP contribution in [0, 0.1) is 19.8 Å². The second-order valence-electron chi connectivity index (χ2n) is 7.90. The van der Waals surface area contributed by atoms with Crippen molar-refractivity contribution in [3.05, 3.63) is 17.0 Å². The molecule has 0 aromatic carbocycles. The largest absolute Gasteiger partial charge is 0.353 e. The molecule has 1 amide bonds. The molecule has 140 valence electrons. The van der Waals surface area contributed by atoms with Gasteiger partial charge in [-0.1, -0.05) is 13.8 Å². The molecule has 3 rings (SSSR count). The van der Waals surface area contributed by atoms with E-state index in [1.807, 2.05) is 13.8 Å². The van der Waals surface area contributed by atoms with Gasteiger partial charge < -0.3 is 14.8 Å². The van der Waals surface area contributed by atoms with Crippen LogP contribution in [0.5, 0.6) is 0 Å². The van der Waals surface area contributed by atoms with Crippen molar-refractivity contribution < 1.29 is 14.3 Å². The zero-order chi connectivity index (χ0) is 18.0. The Hall–Kier alpha value is -1.40. The van der Waals surface area contributed by atoms with Gasteiger partial charge in [0.1, 0.15) is 6.10 Å². The lowest BCUT2D eigenvalue weighted by molar-refractivity contribution is -0.191. The van der Waals surface area contributed by atoms with E-state index >= 15 is 0 Å². The minimum Gasteiger partial charge on any atom is -0.353 e. The number of H-pyrrole nitrogens is 1. The molecule has 0 radical (unpaired) electrons. The van der Waals surface area contributed by atoms with E-state index in [9.17, 15) is 4.79 Å². The molecule has 0 unspecified atom stereocenters. The molecule has 25 heavy (non-hydrogen) atoms. The van der Waals surface area contributed by atoms with Gasteiger partial charge in [-0.25, -0.2) is 0 Å². The Morgan fingerprint density at radius 1 is 1.40 bits per heavy atom. The van der Waals surface area contributed by atoms with Gasteiger partial charge in [0.15, 0.2) is 5.79 Å². The molecule has 1 spiro atoms. The fourth-order valence-corrected chi connectivity index (χ4v) is 4.15. The number of ether oxygens (including phenoxy) is 2. The molecule has 1 aromatic rings. The third-order valence-electron chi connectivity index (χ3n) is 5.65. The summed E-state index contributed by atoms with van der Waals surface area (Å²) < 4.78 is 12.1. The summed E-state index contributed by atoms with van der Waals surface area (Å²) in [7, 11) is 0. The van der Waals surface area contributed by atoms with Gasteiger partial charge in [0, 0.05) is 31.5 Å². The molecule has 1 saturated heterocycles. The first kappa shape index (κ1) is 18.4. The van der Waals surface area contributed by atoms with E-state index < -0.39 is 0 Å². The number of aromatic nitrogens is 2. The van der Waals surface area contributed by atoms with Crippen molar-refractivity contribution in [3.63, 3.8) is 0 Å². The van der Waals surface area contributed by atoms with Gasteiger partial charge in [-0.2, -0.15) is 5.10 Å². The summed E-state index contributed by atoms with van der Waals surface area (Å²) >= 11 is 0. The standard InChI is InChI=1S/C19H31N3O3/c1-12-5-7-19(8-6-12)24-11-16(25-19)10-20-17(23)9-13(2)18-14(3)21-22-15(18)4/h12-13,16H,5-11H2,1-4H3,(H,20,23)(H,21,22)/t12?,13-,16+,19?/m1/s1. The number of nitrogens with zero attached hydrogens (tertiary/aromatic N) is 1. The maximum atomic E-state index is 12.3. The minimum absolute atomic E-state index is 0.0370. The van der Waals surface area contributed by atoms with Crippen LogP contribution >= 0.6 is 0 Å². The smallest absolute Gasteiger partial charge is 0.220 e. The Bertz CT molecular complexity index is 586. The molecule has 2 heterocycles. The third kappa shape index (κ3) is 4.23. The second kappa shape index (κ2) is 7.46. The lowest BCUT2D eigenvalue weighted by atomic mass is 9.86. The van der Waals surface area contributed by atoms with Gasteiger partial charge >= 0.3 is 0 Å². The van der Waals surface area contributed by atoms with Crippen molar-refractivity contribution in [1.29, 1.82) is 0 Å². The van der Waals surface area contributed by atoms with Gasteiger partial charge in [-0.15, -0.1) is 0 Å². The first-order valence-corrected chi connectivity index (χ1v) is 9.48. The van der Waals surface area contributed by atoms with Crippen LogP contribution in [0.1, 0.15) is 68.8 Å². The highest BCUT2D eigenvalue weighted by Crippen LogP contribution is 2.39. The number of hydrogen-bond donors (Lipinski definition) is 2. The zero-order valence-electron chi connectivity index (χ0n) is 15.9. The van der Waals surface area contributed by atoms with Crippen molar-refractivity contribution in [2.45, 2.75) is 77.6 Å². The Morgan fingerprint density at radius 3 is 2.76 bits per heavy atom. The number of hydrogen-bond acceptors (Lipinski definition) is 4. The maximum absolute atomic E-state index is 12.3. The van der Waals surface area contributed by atoms with Crippen molar-refractivity contribution in [2.75, 3.05) is 13.2 Å². The van der Waals surface area contributed by atoms with Crippen LogP contribution in [-0.4, -0.2) is 41.1 Å². The predicted octanol–water partition coefficient (Wildman–Crippen LogP) is 2.96. The van der Waals surface area contributed by atoms with E-state index in [0.717, 1.165) is 48.6 Å². The fourth-order valence-electron chi connectivity index (χ4n) is 4.15. The number of amides is 1. The summed E-state index contributed by atoms with van der Waals surface area (Å²) in [4.78, 5) is 12.3. The molecule has 1 aliphatic carbocycles. The molecule has 1 saturated carbocycles. The van der Waals surface area contributed by atoms with E-state index in [0.29, 0.717) is 19.6 Å². The highest BCUT2D eigenvalue weighted by atomic mass is 16.7.